The van der Waals surface area contributed by atoms with Crippen molar-refractivity contribution >= 4 is 0 Å². The molecule has 1 atom stereocenters. The molecule has 0 saturated heterocycles. The van der Waals surface area contributed by atoms with Crippen LogP contribution in [0.2, 0.25) is 0 Å². The summed E-state index contributed by atoms with van der Waals surface area (Å²) in [6.07, 6.45) is 4.30. The zero-order valence-electron chi connectivity index (χ0n) is 6.28. The van der Waals surface area contributed by atoms with Crippen molar-refractivity contribution in [3.05, 3.63) is 18.2 Å². The van der Waals surface area contributed by atoms with Crippen LogP contribution < -0.4 is 0 Å². The van der Waals surface area contributed by atoms with Gasteiger partial charge in [0.2, 0.25) is 0 Å². The van der Waals surface area contributed by atoms with Gasteiger partial charge in [0.15, 0.2) is 0 Å². The van der Waals surface area contributed by atoms with Gasteiger partial charge in [-0.3, -0.25) is 0 Å². The van der Waals surface area contributed by atoms with E-state index in [1.54, 1.807) is 6.20 Å². The molecule has 0 N–H and O–H groups in total. The molecule has 1 rings (SSSR count). The standard InChI is InChI=1S/C7H11N3/c1-3-6(2)7-4-9-10-5-8-7/h4-6H,3H2,1-2H3. The summed E-state index contributed by atoms with van der Waals surface area (Å²) >= 11 is 0. The Morgan fingerprint density at radius 1 is 1.50 bits per heavy atom. The van der Waals surface area contributed by atoms with Crippen LogP contribution in [-0.2, 0) is 0 Å². The summed E-state index contributed by atoms with van der Waals surface area (Å²) in [6, 6.07) is 0. The minimum absolute atomic E-state index is 0.496. The molecule has 0 saturated carbocycles. The minimum Gasteiger partial charge on any atom is -0.238 e. The van der Waals surface area contributed by atoms with Gasteiger partial charge in [-0.25, -0.2) is 4.98 Å². The first-order valence-corrected chi connectivity index (χ1v) is 3.47. The Bertz CT molecular complexity index is 185. The maximum absolute atomic E-state index is 4.08. The second-order valence-electron chi connectivity index (χ2n) is 2.34. The van der Waals surface area contributed by atoms with Gasteiger partial charge in [0.1, 0.15) is 6.33 Å². The van der Waals surface area contributed by atoms with Crippen molar-refractivity contribution in [3.8, 4) is 0 Å². The molecule has 1 heterocycles. The van der Waals surface area contributed by atoms with Crippen LogP contribution in [0.25, 0.3) is 0 Å². The highest BCUT2D eigenvalue weighted by Gasteiger charge is 2.02. The van der Waals surface area contributed by atoms with Crippen LogP contribution in [0, 0.1) is 0 Å². The molecule has 1 unspecified atom stereocenters. The molecule has 0 aliphatic heterocycles. The van der Waals surface area contributed by atoms with E-state index in [1.807, 2.05) is 0 Å². The van der Waals surface area contributed by atoms with Crippen molar-refractivity contribution in [2.24, 2.45) is 0 Å². The molecule has 3 nitrogen and oxygen atoms in total. The maximum Gasteiger partial charge on any atom is 0.138 e. The zero-order chi connectivity index (χ0) is 7.40. The molecular formula is C7H11N3. The predicted molar refractivity (Wildman–Crippen MR) is 38.5 cm³/mol. The fourth-order valence-corrected chi connectivity index (χ4v) is 0.712. The molecule has 10 heavy (non-hydrogen) atoms. The summed E-state index contributed by atoms with van der Waals surface area (Å²) in [5.74, 6) is 0.496. The van der Waals surface area contributed by atoms with Crippen LogP contribution in [-0.4, -0.2) is 15.2 Å². The molecule has 1 aromatic rings. The Morgan fingerprint density at radius 2 is 2.30 bits per heavy atom. The minimum atomic E-state index is 0.496. The van der Waals surface area contributed by atoms with E-state index >= 15 is 0 Å². The molecule has 0 spiro atoms. The number of rotatable bonds is 2. The number of nitrogens with zero attached hydrogens (tertiary/aromatic N) is 3. The lowest BCUT2D eigenvalue weighted by atomic mass is 10.1. The van der Waals surface area contributed by atoms with E-state index in [0.717, 1.165) is 12.1 Å². The quantitative estimate of drug-likeness (QED) is 0.618. The number of hydrogen-bond acceptors (Lipinski definition) is 3. The molecule has 0 amide bonds. The predicted octanol–water partition coefficient (Wildman–Crippen LogP) is 1.39. The summed E-state index contributed by atoms with van der Waals surface area (Å²) in [7, 11) is 0. The van der Waals surface area contributed by atoms with Crippen molar-refractivity contribution in [2.45, 2.75) is 26.2 Å². The lowest BCUT2D eigenvalue weighted by Crippen LogP contribution is -1.96. The molecule has 54 valence electrons. The second kappa shape index (κ2) is 3.25. The molecule has 0 fully saturated rings. The van der Waals surface area contributed by atoms with E-state index in [1.165, 1.54) is 6.33 Å². The highest BCUT2D eigenvalue weighted by atomic mass is 15.1. The molecule has 0 aliphatic carbocycles. The third-order valence-electron chi connectivity index (χ3n) is 1.63. The highest BCUT2D eigenvalue weighted by Crippen LogP contribution is 2.12. The van der Waals surface area contributed by atoms with E-state index < -0.39 is 0 Å². The van der Waals surface area contributed by atoms with Gasteiger partial charge < -0.3 is 0 Å². The average molecular weight is 137 g/mol. The second-order valence-corrected chi connectivity index (χ2v) is 2.34. The van der Waals surface area contributed by atoms with Crippen molar-refractivity contribution in [3.63, 3.8) is 0 Å². The van der Waals surface area contributed by atoms with Crippen molar-refractivity contribution in [1.29, 1.82) is 0 Å². The maximum atomic E-state index is 4.08. The van der Waals surface area contributed by atoms with E-state index in [-0.39, 0.29) is 0 Å². The van der Waals surface area contributed by atoms with Crippen molar-refractivity contribution in [2.75, 3.05) is 0 Å². The van der Waals surface area contributed by atoms with Gasteiger partial charge >= 0.3 is 0 Å². The SMILES string of the molecule is CCC(C)c1cnncn1. The Kier molecular flexibility index (Phi) is 2.31. The third-order valence-corrected chi connectivity index (χ3v) is 1.63. The third kappa shape index (κ3) is 1.50. The van der Waals surface area contributed by atoms with E-state index in [2.05, 4.69) is 29.0 Å². The van der Waals surface area contributed by atoms with Gasteiger partial charge in [0.25, 0.3) is 0 Å². The molecule has 0 aliphatic rings. The summed E-state index contributed by atoms with van der Waals surface area (Å²) in [6.45, 7) is 4.26. The fraction of sp³-hybridized carbons (Fsp3) is 0.571. The van der Waals surface area contributed by atoms with Gasteiger partial charge in [0.05, 0.1) is 11.9 Å². The van der Waals surface area contributed by atoms with Gasteiger partial charge in [0, 0.05) is 0 Å². The first-order chi connectivity index (χ1) is 4.84. The Balaban J connectivity index is 2.75. The van der Waals surface area contributed by atoms with E-state index in [4.69, 9.17) is 0 Å². The Morgan fingerprint density at radius 3 is 2.80 bits per heavy atom. The van der Waals surface area contributed by atoms with Gasteiger partial charge in [-0.05, 0) is 12.3 Å². The van der Waals surface area contributed by atoms with Crippen LogP contribution in [0.3, 0.4) is 0 Å². The lowest BCUT2D eigenvalue weighted by molar-refractivity contribution is 0.692. The van der Waals surface area contributed by atoms with Crippen LogP contribution >= 0.6 is 0 Å². The number of aromatic nitrogens is 3. The van der Waals surface area contributed by atoms with Gasteiger partial charge in [-0.2, -0.15) is 5.10 Å². The van der Waals surface area contributed by atoms with Gasteiger partial charge in [-0.1, -0.05) is 13.8 Å². The first kappa shape index (κ1) is 7.12. The van der Waals surface area contributed by atoms with Crippen molar-refractivity contribution in [1.82, 2.24) is 15.2 Å². The summed E-state index contributed by atoms with van der Waals surface area (Å²) in [5, 5.41) is 7.34. The zero-order valence-corrected chi connectivity index (χ0v) is 6.28. The summed E-state index contributed by atoms with van der Waals surface area (Å²) in [4.78, 5) is 4.08. The molecule has 0 radical (unpaired) electrons. The van der Waals surface area contributed by atoms with E-state index in [9.17, 15) is 0 Å². The van der Waals surface area contributed by atoms with Crippen LogP contribution in [0.1, 0.15) is 31.9 Å². The molecule has 1 aromatic heterocycles. The topological polar surface area (TPSA) is 38.7 Å². The van der Waals surface area contributed by atoms with E-state index in [0.29, 0.717) is 5.92 Å². The van der Waals surface area contributed by atoms with Crippen LogP contribution in [0.4, 0.5) is 0 Å². The first-order valence-electron chi connectivity index (χ1n) is 3.47. The molecule has 0 aromatic carbocycles. The normalized spacial score (nSPS) is 13.0. The summed E-state index contributed by atoms with van der Waals surface area (Å²) < 4.78 is 0. The molecule has 0 bridgehead atoms. The Hall–Kier alpha value is -0.990. The molecular weight excluding hydrogens is 126 g/mol. The summed E-state index contributed by atoms with van der Waals surface area (Å²) in [5.41, 5.74) is 1.03. The molecule has 3 heteroatoms. The van der Waals surface area contributed by atoms with Crippen LogP contribution in [0.5, 0.6) is 0 Å². The Labute approximate surface area is 60.5 Å². The van der Waals surface area contributed by atoms with Crippen LogP contribution in [0.15, 0.2) is 12.5 Å². The largest absolute Gasteiger partial charge is 0.238 e. The average Bonchev–Trinajstić information content (AvgIpc) is 2.05. The smallest absolute Gasteiger partial charge is 0.138 e. The highest BCUT2D eigenvalue weighted by molar-refractivity contribution is 4.98. The monoisotopic (exact) mass is 137 g/mol. The van der Waals surface area contributed by atoms with Crippen molar-refractivity contribution < 1.29 is 0 Å². The lowest BCUT2D eigenvalue weighted by Gasteiger charge is -2.03. The fourth-order valence-electron chi connectivity index (χ4n) is 0.712. The number of hydrogen-bond donors (Lipinski definition) is 0. The van der Waals surface area contributed by atoms with Gasteiger partial charge in [-0.15, -0.1) is 5.10 Å².